The van der Waals surface area contributed by atoms with Gasteiger partial charge in [0.2, 0.25) is 0 Å². The Kier molecular flexibility index (Phi) is 4.10. The number of aromatic nitrogens is 1. The molecule has 3 aromatic rings. The first-order chi connectivity index (χ1) is 10.5. The molecule has 1 aromatic heterocycles. The maximum Gasteiger partial charge on any atom is 0.167 e. The summed E-state index contributed by atoms with van der Waals surface area (Å²) in [5.74, 6) is -0.0127. The van der Waals surface area contributed by atoms with Gasteiger partial charge >= 0.3 is 0 Å². The normalized spacial score (nSPS) is 10.9. The molecule has 0 amide bonds. The van der Waals surface area contributed by atoms with Crippen LogP contribution in [0.5, 0.6) is 11.5 Å². The molecule has 3 nitrogen and oxygen atoms in total. The highest BCUT2D eigenvalue weighted by molar-refractivity contribution is 14.1. The van der Waals surface area contributed by atoms with E-state index in [0.29, 0.717) is 5.75 Å². The van der Waals surface area contributed by atoms with E-state index in [1.165, 1.54) is 6.07 Å². The highest BCUT2D eigenvalue weighted by Gasteiger charge is 2.12. The van der Waals surface area contributed by atoms with E-state index >= 15 is 0 Å². The SMILES string of the molecule is Cc1cc2c(Oc3cc(Cl)c(N)cc3F)ccnc2cc1I. The fourth-order valence-corrected chi connectivity index (χ4v) is 2.68. The standard InChI is InChI=1S/C16H11ClFIN2O/c1-8-4-9-14(7-12(8)19)21-3-2-15(9)22-16-5-10(17)13(20)6-11(16)18/h2-7H,20H2,1H3. The largest absolute Gasteiger partial charge is 0.453 e. The van der Waals surface area contributed by atoms with Crippen molar-refractivity contribution in [3.05, 3.63) is 56.5 Å². The molecule has 0 saturated heterocycles. The number of nitrogens with zero attached hydrogens (tertiary/aromatic N) is 1. The van der Waals surface area contributed by atoms with Crippen LogP contribution >= 0.6 is 34.2 Å². The Bertz CT molecular complexity index is 886. The number of nitrogen functional groups attached to an aromatic ring is 1. The second-order valence-electron chi connectivity index (χ2n) is 4.83. The van der Waals surface area contributed by atoms with Gasteiger partial charge in [0, 0.05) is 27.3 Å². The van der Waals surface area contributed by atoms with Gasteiger partial charge in [-0.3, -0.25) is 4.98 Å². The number of ether oxygens (including phenoxy) is 1. The van der Waals surface area contributed by atoms with Crippen molar-refractivity contribution in [3.63, 3.8) is 0 Å². The maximum atomic E-state index is 14.0. The second kappa shape index (κ2) is 5.89. The van der Waals surface area contributed by atoms with Crippen LogP contribution in [0.1, 0.15) is 5.56 Å². The molecule has 2 N–H and O–H groups in total. The van der Waals surface area contributed by atoms with Gasteiger partial charge in [0.1, 0.15) is 5.75 Å². The monoisotopic (exact) mass is 428 g/mol. The lowest BCUT2D eigenvalue weighted by Gasteiger charge is -2.11. The zero-order valence-electron chi connectivity index (χ0n) is 11.5. The summed E-state index contributed by atoms with van der Waals surface area (Å²) in [6.07, 6.45) is 1.62. The lowest BCUT2D eigenvalue weighted by molar-refractivity contribution is 0.446. The molecule has 3 rings (SSSR count). The summed E-state index contributed by atoms with van der Waals surface area (Å²) in [5.41, 5.74) is 7.63. The Morgan fingerprint density at radius 3 is 2.77 bits per heavy atom. The van der Waals surface area contributed by atoms with Crippen molar-refractivity contribution in [2.24, 2.45) is 0 Å². The summed E-state index contributed by atoms with van der Waals surface area (Å²) in [6, 6.07) is 8.15. The van der Waals surface area contributed by atoms with Crippen molar-refractivity contribution in [3.8, 4) is 11.5 Å². The predicted octanol–water partition coefficient (Wildman–Crippen LogP) is 5.31. The van der Waals surface area contributed by atoms with Crippen LogP contribution in [0.3, 0.4) is 0 Å². The number of halogens is 3. The fraction of sp³-hybridized carbons (Fsp3) is 0.0625. The number of hydrogen-bond donors (Lipinski definition) is 1. The molecule has 2 aromatic carbocycles. The van der Waals surface area contributed by atoms with Gasteiger partial charge in [-0.15, -0.1) is 0 Å². The van der Waals surface area contributed by atoms with E-state index in [1.807, 2.05) is 19.1 Å². The van der Waals surface area contributed by atoms with E-state index < -0.39 is 5.82 Å². The van der Waals surface area contributed by atoms with Crippen LogP contribution in [-0.4, -0.2) is 4.98 Å². The predicted molar refractivity (Wildman–Crippen MR) is 95.1 cm³/mol. The molecule has 0 radical (unpaired) electrons. The first-order valence-corrected chi connectivity index (χ1v) is 7.88. The second-order valence-corrected chi connectivity index (χ2v) is 6.40. The van der Waals surface area contributed by atoms with Crippen molar-refractivity contribution < 1.29 is 9.13 Å². The summed E-state index contributed by atoms with van der Waals surface area (Å²) in [5, 5.41) is 1.06. The van der Waals surface area contributed by atoms with Gasteiger partial charge < -0.3 is 10.5 Å². The summed E-state index contributed by atoms with van der Waals surface area (Å²) in [6.45, 7) is 2.00. The van der Waals surface area contributed by atoms with Crippen molar-refractivity contribution in [1.82, 2.24) is 4.98 Å². The van der Waals surface area contributed by atoms with Crippen molar-refractivity contribution in [2.75, 3.05) is 5.73 Å². The van der Waals surface area contributed by atoms with E-state index in [2.05, 4.69) is 27.6 Å². The van der Waals surface area contributed by atoms with Crippen molar-refractivity contribution in [1.29, 1.82) is 0 Å². The minimum Gasteiger partial charge on any atom is -0.453 e. The van der Waals surface area contributed by atoms with Crippen LogP contribution in [0.2, 0.25) is 5.02 Å². The fourth-order valence-electron chi connectivity index (χ4n) is 2.08. The summed E-state index contributed by atoms with van der Waals surface area (Å²) in [7, 11) is 0. The molecule has 0 aliphatic rings. The van der Waals surface area contributed by atoms with Crippen molar-refractivity contribution >= 4 is 50.8 Å². The van der Waals surface area contributed by atoms with Gasteiger partial charge in [0.05, 0.1) is 16.2 Å². The Labute approximate surface area is 145 Å². The Balaban J connectivity index is 2.12. The molecule has 1 heterocycles. The van der Waals surface area contributed by atoms with Crippen molar-refractivity contribution in [2.45, 2.75) is 6.92 Å². The number of anilines is 1. The van der Waals surface area contributed by atoms with Crippen LogP contribution in [0.15, 0.2) is 36.5 Å². The molecule has 22 heavy (non-hydrogen) atoms. The average molecular weight is 429 g/mol. The quantitative estimate of drug-likeness (QED) is 0.444. The van der Waals surface area contributed by atoms with Gasteiger partial charge in [-0.1, -0.05) is 11.6 Å². The van der Waals surface area contributed by atoms with Gasteiger partial charge in [-0.2, -0.15) is 0 Å². The first kappa shape index (κ1) is 15.3. The number of nitrogens with two attached hydrogens (primary N) is 1. The molecule has 0 spiro atoms. The number of benzene rings is 2. The minimum absolute atomic E-state index is 0.0305. The molecule has 0 unspecified atom stereocenters. The topological polar surface area (TPSA) is 48.1 Å². The van der Waals surface area contributed by atoms with E-state index in [9.17, 15) is 4.39 Å². The molecule has 0 bridgehead atoms. The van der Waals surface area contributed by atoms with E-state index in [0.717, 1.165) is 26.1 Å². The highest BCUT2D eigenvalue weighted by atomic mass is 127. The molecule has 6 heteroatoms. The Hall–Kier alpha value is -1.60. The van der Waals surface area contributed by atoms with Crippen LogP contribution in [0.4, 0.5) is 10.1 Å². The number of pyridine rings is 1. The molecular formula is C16H11ClFIN2O. The highest BCUT2D eigenvalue weighted by Crippen LogP contribution is 2.34. The number of hydrogen-bond acceptors (Lipinski definition) is 3. The molecule has 0 saturated carbocycles. The minimum atomic E-state index is -0.561. The average Bonchev–Trinajstić information content (AvgIpc) is 2.46. The first-order valence-electron chi connectivity index (χ1n) is 6.43. The zero-order valence-corrected chi connectivity index (χ0v) is 14.4. The molecule has 0 atom stereocenters. The lowest BCUT2D eigenvalue weighted by atomic mass is 10.1. The van der Waals surface area contributed by atoms with Crippen LogP contribution in [0, 0.1) is 16.3 Å². The Morgan fingerprint density at radius 2 is 2.00 bits per heavy atom. The molecule has 0 aliphatic carbocycles. The third kappa shape index (κ3) is 2.83. The lowest BCUT2D eigenvalue weighted by Crippen LogP contribution is -1.94. The van der Waals surface area contributed by atoms with Gasteiger partial charge in [0.15, 0.2) is 11.6 Å². The van der Waals surface area contributed by atoms with Gasteiger partial charge in [0.25, 0.3) is 0 Å². The molecule has 0 aliphatic heterocycles. The molecule has 112 valence electrons. The summed E-state index contributed by atoms with van der Waals surface area (Å²) < 4.78 is 20.8. The maximum absolute atomic E-state index is 14.0. The van der Waals surface area contributed by atoms with E-state index in [-0.39, 0.29) is 16.5 Å². The van der Waals surface area contributed by atoms with Crippen LogP contribution < -0.4 is 10.5 Å². The number of fused-ring (bicyclic) bond motifs is 1. The zero-order chi connectivity index (χ0) is 15.9. The third-order valence-electron chi connectivity index (χ3n) is 3.25. The number of aryl methyl sites for hydroxylation is 1. The van der Waals surface area contributed by atoms with E-state index in [4.69, 9.17) is 22.1 Å². The number of rotatable bonds is 2. The van der Waals surface area contributed by atoms with Crippen LogP contribution in [-0.2, 0) is 0 Å². The summed E-state index contributed by atoms with van der Waals surface area (Å²) in [4.78, 5) is 4.31. The molecular weight excluding hydrogens is 418 g/mol. The summed E-state index contributed by atoms with van der Waals surface area (Å²) >= 11 is 8.18. The Morgan fingerprint density at radius 1 is 1.23 bits per heavy atom. The smallest absolute Gasteiger partial charge is 0.167 e. The van der Waals surface area contributed by atoms with Crippen LogP contribution in [0.25, 0.3) is 10.9 Å². The molecule has 0 fully saturated rings. The van der Waals surface area contributed by atoms with Gasteiger partial charge in [-0.05, 0) is 53.3 Å². The van der Waals surface area contributed by atoms with Gasteiger partial charge in [-0.25, -0.2) is 4.39 Å². The third-order valence-corrected chi connectivity index (χ3v) is 4.74. The van der Waals surface area contributed by atoms with E-state index in [1.54, 1.807) is 12.3 Å².